The van der Waals surface area contributed by atoms with E-state index in [2.05, 4.69) is 20.6 Å². The van der Waals surface area contributed by atoms with Crippen molar-refractivity contribution in [3.05, 3.63) is 6.07 Å². The topological polar surface area (TPSA) is 96.2 Å². The van der Waals surface area contributed by atoms with Crippen molar-refractivity contribution in [2.75, 3.05) is 44.1 Å². The van der Waals surface area contributed by atoms with Gasteiger partial charge >= 0.3 is 0 Å². The SMILES string of the molecule is CNc1cc(NCCC(=O)N(C)C)nc(N)n1. The van der Waals surface area contributed by atoms with Gasteiger partial charge in [0.2, 0.25) is 11.9 Å². The maximum absolute atomic E-state index is 11.3. The van der Waals surface area contributed by atoms with Crippen LogP contribution >= 0.6 is 0 Å². The highest BCUT2D eigenvalue weighted by atomic mass is 16.2. The predicted molar refractivity (Wildman–Crippen MR) is 67.8 cm³/mol. The van der Waals surface area contributed by atoms with E-state index in [1.54, 1.807) is 32.1 Å². The molecule has 0 spiro atoms. The molecule has 0 atom stereocenters. The summed E-state index contributed by atoms with van der Waals surface area (Å²) >= 11 is 0. The van der Waals surface area contributed by atoms with Crippen LogP contribution in [0.25, 0.3) is 0 Å². The normalized spacial score (nSPS) is 9.82. The second-order valence-electron chi connectivity index (χ2n) is 3.71. The number of hydrogen-bond acceptors (Lipinski definition) is 6. The zero-order valence-corrected chi connectivity index (χ0v) is 10.3. The molecule has 0 fully saturated rings. The summed E-state index contributed by atoms with van der Waals surface area (Å²) in [5.41, 5.74) is 5.54. The molecule has 0 aromatic carbocycles. The molecule has 94 valence electrons. The standard InChI is InChI=1S/C10H18N6O/c1-12-7-6-8(15-10(11)14-7)13-5-4-9(17)16(2)3/h6H,4-5H2,1-3H3,(H4,11,12,13,14,15). The van der Waals surface area contributed by atoms with Gasteiger partial charge in [-0.15, -0.1) is 0 Å². The average Bonchev–Trinajstić information content (AvgIpc) is 2.27. The summed E-state index contributed by atoms with van der Waals surface area (Å²) in [6.07, 6.45) is 0.409. The Hall–Kier alpha value is -2.05. The first kappa shape index (κ1) is 13.0. The Bertz CT molecular complexity index is 392. The first-order chi connectivity index (χ1) is 8.02. The minimum atomic E-state index is 0.0633. The summed E-state index contributed by atoms with van der Waals surface area (Å²) in [7, 11) is 5.20. The van der Waals surface area contributed by atoms with Crippen LogP contribution in [0.1, 0.15) is 6.42 Å². The number of hydrogen-bond donors (Lipinski definition) is 3. The van der Waals surface area contributed by atoms with Gasteiger partial charge < -0.3 is 21.3 Å². The van der Waals surface area contributed by atoms with Crippen LogP contribution in [-0.2, 0) is 4.79 Å². The van der Waals surface area contributed by atoms with Crippen LogP contribution in [0.15, 0.2) is 6.07 Å². The zero-order chi connectivity index (χ0) is 12.8. The van der Waals surface area contributed by atoms with Crippen molar-refractivity contribution in [3.63, 3.8) is 0 Å². The molecule has 0 saturated carbocycles. The molecule has 1 heterocycles. The molecule has 1 aromatic heterocycles. The van der Waals surface area contributed by atoms with Crippen molar-refractivity contribution in [2.45, 2.75) is 6.42 Å². The third-order valence-corrected chi connectivity index (χ3v) is 2.14. The van der Waals surface area contributed by atoms with Crippen molar-refractivity contribution >= 4 is 23.5 Å². The van der Waals surface area contributed by atoms with Crippen LogP contribution in [0.5, 0.6) is 0 Å². The molecule has 0 aliphatic heterocycles. The van der Waals surface area contributed by atoms with Gasteiger partial charge in [-0.05, 0) is 0 Å². The molecule has 1 amide bonds. The summed E-state index contributed by atoms with van der Waals surface area (Å²) in [4.78, 5) is 20.9. The molecule has 17 heavy (non-hydrogen) atoms. The monoisotopic (exact) mass is 238 g/mol. The van der Waals surface area contributed by atoms with Crippen LogP contribution in [0.2, 0.25) is 0 Å². The van der Waals surface area contributed by atoms with E-state index in [1.807, 2.05) is 0 Å². The number of nitrogens with one attached hydrogen (secondary N) is 2. The third kappa shape index (κ3) is 4.13. The Kier molecular flexibility index (Phi) is 4.50. The molecule has 7 heteroatoms. The molecule has 0 bridgehead atoms. The Balaban J connectivity index is 2.52. The first-order valence-electron chi connectivity index (χ1n) is 5.29. The second kappa shape index (κ2) is 5.88. The van der Waals surface area contributed by atoms with E-state index in [-0.39, 0.29) is 11.9 Å². The molecular formula is C10H18N6O. The van der Waals surface area contributed by atoms with Crippen molar-refractivity contribution in [2.24, 2.45) is 0 Å². The molecule has 0 unspecified atom stereocenters. The molecule has 0 saturated heterocycles. The Morgan fingerprint density at radius 3 is 2.65 bits per heavy atom. The van der Waals surface area contributed by atoms with Gasteiger partial charge in [0.05, 0.1) is 0 Å². The average molecular weight is 238 g/mol. The van der Waals surface area contributed by atoms with Crippen molar-refractivity contribution < 1.29 is 4.79 Å². The summed E-state index contributed by atoms with van der Waals surface area (Å²) in [5.74, 6) is 1.50. The summed E-state index contributed by atoms with van der Waals surface area (Å²) in [6, 6.07) is 1.73. The molecule has 0 aliphatic rings. The molecule has 1 aromatic rings. The van der Waals surface area contributed by atoms with E-state index in [1.165, 1.54) is 0 Å². The Labute approximate surface area is 100 Å². The fraction of sp³-hybridized carbons (Fsp3) is 0.500. The quantitative estimate of drug-likeness (QED) is 0.667. The van der Waals surface area contributed by atoms with Gasteiger partial charge in [0.15, 0.2) is 0 Å². The zero-order valence-electron chi connectivity index (χ0n) is 10.3. The lowest BCUT2D eigenvalue weighted by Gasteiger charge is -2.11. The van der Waals surface area contributed by atoms with Crippen molar-refractivity contribution in [1.29, 1.82) is 0 Å². The number of nitrogen functional groups attached to an aromatic ring is 1. The molecule has 1 rings (SSSR count). The maximum atomic E-state index is 11.3. The lowest BCUT2D eigenvalue weighted by Crippen LogP contribution is -2.24. The fourth-order valence-electron chi connectivity index (χ4n) is 1.21. The summed E-state index contributed by atoms with van der Waals surface area (Å²) in [5, 5.41) is 5.91. The Morgan fingerprint density at radius 1 is 1.41 bits per heavy atom. The number of anilines is 3. The lowest BCUT2D eigenvalue weighted by atomic mass is 10.3. The highest BCUT2D eigenvalue weighted by Gasteiger charge is 2.04. The van der Waals surface area contributed by atoms with Crippen LogP contribution in [0.4, 0.5) is 17.6 Å². The van der Waals surface area contributed by atoms with Crippen LogP contribution in [0, 0.1) is 0 Å². The van der Waals surface area contributed by atoms with Gasteiger partial charge in [-0.25, -0.2) is 0 Å². The third-order valence-electron chi connectivity index (χ3n) is 2.14. The number of nitrogens with zero attached hydrogens (tertiary/aromatic N) is 3. The minimum Gasteiger partial charge on any atom is -0.373 e. The van der Waals surface area contributed by atoms with Gasteiger partial charge in [-0.2, -0.15) is 9.97 Å². The van der Waals surface area contributed by atoms with Gasteiger partial charge in [-0.1, -0.05) is 0 Å². The molecule has 0 aliphatic carbocycles. The number of carbonyl (C=O) groups is 1. The van der Waals surface area contributed by atoms with Gasteiger partial charge in [-0.3, -0.25) is 4.79 Å². The fourth-order valence-corrected chi connectivity index (χ4v) is 1.21. The largest absolute Gasteiger partial charge is 0.373 e. The van der Waals surface area contributed by atoms with E-state index >= 15 is 0 Å². The first-order valence-corrected chi connectivity index (χ1v) is 5.29. The second-order valence-corrected chi connectivity index (χ2v) is 3.71. The maximum Gasteiger partial charge on any atom is 0.223 e. The Morgan fingerprint density at radius 2 is 2.06 bits per heavy atom. The van der Waals surface area contributed by atoms with Crippen LogP contribution < -0.4 is 16.4 Å². The van der Waals surface area contributed by atoms with Crippen LogP contribution in [-0.4, -0.2) is 48.5 Å². The van der Waals surface area contributed by atoms with Crippen LogP contribution in [0.3, 0.4) is 0 Å². The predicted octanol–water partition coefficient (Wildman–Crippen LogP) is -0.00930. The van der Waals surface area contributed by atoms with Crippen molar-refractivity contribution in [3.8, 4) is 0 Å². The molecule has 7 nitrogen and oxygen atoms in total. The highest BCUT2D eigenvalue weighted by molar-refractivity contribution is 5.76. The van der Waals surface area contributed by atoms with Gasteiger partial charge in [0.25, 0.3) is 0 Å². The minimum absolute atomic E-state index is 0.0633. The van der Waals surface area contributed by atoms with E-state index in [0.29, 0.717) is 24.6 Å². The number of nitrogens with two attached hydrogens (primary N) is 1. The highest BCUT2D eigenvalue weighted by Crippen LogP contribution is 2.11. The molecular weight excluding hydrogens is 220 g/mol. The van der Waals surface area contributed by atoms with Crippen molar-refractivity contribution in [1.82, 2.24) is 14.9 Å². The van der Waals surface area contributed by atoms with Gasteiger partial charge in [0.1, 0.15) is 11.6 Å². The smallest absolute Gasteiger partial charge is 0.223 e. The number of rotatable bonds is 5. The molecule has 4 N–H and O–H groups in total. The number of amides is 1. The number of carbonyl (C=O) groups excluding carboxylic acids is 1. The summed E-state index contributed by atoms with van der Waals surface area (Å²) in [6.45, 7) is 0.511. The van der Waals surface area contributed by atoms with E-state index in [0.717, 1.165) is 0 Å². The number of aromatic nitrogens is 2. The van der Waals surface area contributed by atoms with E-state index < -0.39 is 0 Å². The summed E-state index contributed by atoms with van der Waals surface area (Å²) < 4.78 is 0. The molecule has 0 radical (unpaired) electrons. The van der Waals surface area contributed by atoms with E-state index in [4.69, 9.17) is 5.73 Å². The van der Waals surface area contributed by atoms with E-state index in [9.17, 15) is 4.79 Å². The lowest BCUT2D eigenvalue weighted by molar-refractivity contribution is -0.128. The van der Waals surface area contributed by atoms with Gasteiger partial charge in [0, 0.05) is 40.2 Å².